The monoisotopic (exact) mass is 423 g/mol. The lowest BCUT2D eigenvalue weighted by Gasteiger charge is -2.16. The second-order valence-corrected chi connectivity index (χ2v) is 9.08. The van der Waals surface area contributed by atoms with E-state index in [2.05, 4.69) is 24.1 Å². The second kappa shape index (κ2) is 18.9. The molecule has 30 heavy (non-hydrogen) atoms. The first-order valence-electron chi connectivity index (χ1n) is 12.8. The maximum atomic E-state index is 9.32. The minimum absolute atomic E-state index is 0.150. The van der Waals surface area contributed by atoms with Crippen LogP contribution in [0.3, 0.4) is 0 Å². The molecule has 2 N–H and O–H groups in total. The smallest absolute Gasteiger partial charge is 0.184 e. The molecule has 0 aromatic heterocycles. The number of aliphatic hydroxyl groups excluding tert-OH is 2. The fourth-order valence-corrected chi connectivity index (χ4v) is 3.94. The van der Waals surface area contributed by atoms with Crippen molar-refractivity contribution in [3.8, 4) is 0 Å². The first-order chi connectivity index (χ1) is 14.8. The van der Waals surface area contributed by atoms with Crippen LogP contribution in [0, 0.1) is 0 Å². The molecule has 0 aliphatic carbocycles. The van der Waals surface area contributed by atoms with E-state index in [0.29, 0.717) is 12.5 Å². The van der Waals surface area contributed by atoms with Crippen molar-refractivity contribution in [3.05, 3.63) is 12.2 Å². The summed E-state index contributed by atoms with van der Waals surface area (Å²) in [5.41, 5.74) is -0.793. The predicted octanol–water partition coefficient (Wildman–Crippen LogP) is 6.74. The van der Waals surface area contributed by atoms with Crippen molar-refractivity contribution < 1.29 is 14.9 Å². The van der Waals surface area contributed by atoms with Gasteiger partial charge in [-0.05, 0) is 32.1 Å². The zero-order valence-corrected chi connectivity index (χ0v) is 19.8. The van der Waals surface area contributed by atoms with E-state index >= 15 is 0 Å². The number of hydrogen-bond acceptors (Lipinski definition) is 4. The molecule has 4 nitrogen and oxygen atoms in total. The summed E-state index contributed by atoms with van der Waals surface area (Å²) in [6.45, 7) is 2.29. The number of unbranched alkanes of at least 4 members (excludes halogenated alkanes) is 15. The number of hydrogen-bond donors (Lipinski definition) is 2. The van der Waals surface area contributed by atoms with E-state index < -0.39 is 5.54 Å². The van der Waals surface area contributed by atoms with E-state index in [4.69, 9.17) is 4.74 Å². The molecule has 1 heterocycles. The van der Waals surface area contributed by atoms with E-state index in [-0.39, 0.29) is 13.2 Å². The third-order valence-corrected chi connectivity index (χ3v) is 6.11. The Labute approximate surface area is 186 Å². The van der Waals surface area contributed by atoms with E-state index in [1.165, 1.54) is 103 Å². The molecular formula is C26H49NO3. The Bertz CT molecular complexity index is 444. The van der Waals surface area contributed by atoms with Gasteiger partial charge in [0.15, 0.2) is 5.90 Å². The van der Waals surface area contributed by atoms with Gasteiger partial charge in [-0.3, -0.25) is 0 Å². The Morgan fingerprint density at radius 3 is 1.67 bits per heavy atom. The van der Waals surface area contributed by atoms with E-state index in [0.717, 1.165) is 12.8 Å². The summed E-state index contributed by atoms with van der Waals surface area (Å²) in [6, 6.07) is 0. The highest BCUT2D eigenvalue weighted by Crippen LogP contribution is 2.20. The van der Waals surface area contributed by atoms with Crippen molar-refractivity contribution in [1.82, 2.24) is 0 Å². The Morgan fingerprint density at radius 1 is 0.733 bits per heavy atom. The molecule has 1 rings (SSSR count). The maximum Gasteiger partial charge on any atom is 0.184 e. The SMILES string of the molecule is CCCCCCCCC=CCCCCCCCCCCCC1=NC(CO)(CO)CO1. The molecule has 4 heteroatoms. The topological polar surface area (TPSA) is 62.1 Å². The molecular weight excluding hydrogens is 374 g/mol. The Morgan fingerprint density at radius 2 is 1.20 bits per heavy atom. The summed E-state index contributed by atoms with van der Waals surface area (Å²) in [5.74, 6) is 0.708. The molecule has 1 aliphatic heterocycles. The summed E-state index contributed by atoms with van der Waals surface area (Å²) < 4.78 is 5.51. The first kappa shape index (κ1) is 27.2. The van der Waals surface area contributed by atoms with Gasteiger partial charge in [0.1, 0.15) is 12.1 Å². The molecule has 0 radical (unpaired) electrons. The molecule has 0 aromatic carbocycles. The van der Waals surface area contributed by atoms with Crippen LogP contribution in [0.25, 0.3) is 0 Å². The summed E-state index contributed by atoms with van der Waals surface area (Å²) in [4.78, 5) is 4.36. The lowest BCUT2D eigenvalue weighted by Crippen LogP contribution is -2.37. The number of ether oxygens (including phenoxy) is 1. The molecule has 1 aliphatic rings. The number of nitrogens with zero attached hydrogens (tertiary/aromatic N) is 1. The highest BCUT2D eigenvalue weighted by atomic mass is 16.5. The molecule has 0 spiro atoms. The summed E-state index contributed by atoms with van der Waals surface area (Å²) in [5, 5.41) is 18.6. The van der Waals surface area contributed by atoms with Crippen molar-refractivity contribution >= 4 is 5.90 Å². The standard InChI is InChI=1S/C26H49NO3/c1-2-3-4-5-6-7-8-9-10-11-12-13-14-15-16-17-18-19-20-21-25-27-26(22-28,23-29)24-30-25/h9-10,28-29H,2-8,11-24H2,1H3. The van der Waals surface area contributed by atoms with Crippen LogP contribution in [0.15, 0.2) is 17.1 Å². The minimum Gasteiger partial charge on any atom is -0.478 e. The van der Waals surface area contributed by atoms with E-state index in [9.17, 15) is 10.2 Å². The van der Waals surface area contributed by atoms with Crippen LogP contribution < -0.4 is 0 Å². The molecule has 0 amide bonds. The molecule has 0 atom stereocenters. The third kappa shape index (κ3) is 13.4. The zero-order valence-electron chi connectivity index (χ0n) is 19.8. The predicted molar refractivity (Wildman–Crippen MR) is 128 cm³/mol. The van der Waals surface area contributed by atoms with Crippen LogP contribution in [0.4, 0.5) is 0 Å². The van der Waals surface area contributed by atoms with Crippen LogP contribution in [-0.4, -0.2) is 41.5 Å². The Balaban J connectivity index is 1.79. The van der Waals surface area contributed by atoms with Gasteiger partial charge in [0.25, 0.3) is 0 Å². The largest absolute Gasteiger partial charge is 0.478 e. The second-order valence-electron chi connectivity index (χ2n) is 9.08. The summed E-state index contributed by atoms with van der Waals surface area (Å²) in [6.07, 6.45) is 28.2. The quantitative estimate of drug-likeness (QED) is 0.159. The number of aliphatic hydroxyl groups is 2. The first-order valence-corrected chi connectivity index (χ1v) is 12.8. The van der Waals surface area contributed by atoms with Gasteiger partial charge in [0.2, 0.25) is 0 Å². The van der Waals surface area contributed by atoms with Crippen LogP contribution in [-0.2, 0) is 4.74 Å². The fourth-order valence-electron chi connectivity index (χ4n) is 3.94. The van der Waals surface area contributed by atoms with E-state index in [1.54, 1.807) is 0 Å². The van der Waals surface area contributed by atoms with Crippen molar-refractivity contribution in [2.24, 2.45) is 4.99 Å². The highest BCUT2D eigenvalue weighted by molar-refractivity contribution is 5.78. The lowest BCUT2D eigenvalue weighted by molar-refractivity contribution is 0.0972. The number of rotatable bonds is 21. The normalized spacial score (nSPS) is 15.6. The Hall–Kier alpha value is -0.870. The van der Waals surface area contributed by atoms with Crippen LogP contribution in [0.1, 0.15) is 122 Å². The fraction of sp³-hybridized carbons (Fsp3) is 0.885. The minimum atomic E-state index is -0.793. The molecule has 0 fully saturated rings. The van der Waals surface area contributed by atoms with Gasteiger partial charge in [-0.2, -0.15) is 0 Å². The van der Waals surface area contributed by atoms with Gasteiger partial charge in [0, 0.05) is 6.42 Å². The van der Waals surface area contributed by atoms with Gasteiger partial charge >= 0.3 is 0 Å². The molecule has 0 saturated heterocycles. The van der Waals surface area contributed by atoms with Crippen molar-refractivity contribution in [2.75, 3.05) is 19.8 Å². The highest BCUT2D eigenvalue weighted by Gasteiger charge is 2.35. The Kier molecular flexibility index (Phi) is 17.1. The molecule has 0 unspecified atom stereocenters. The molecule has 176 valence electrons. The maximum absolute atomic E-state index is 9.32. The number of allylic oxidation sites excluding steroid dienone is 2. The summed E-state index contributed by atoms with van der Waals surface area (Å²) in [7, 11) is 0. The number of aliphatic imine (C=N–C) groups is 1. The van der Waals surface area contributed by atoms with Gasteiger partial charge < -0.3 is 14.9 Å². The van der Waals surface area contributed by atoms with Gasteiger partial charge in [-0.15, -0.1) is 0 Å². The van der Waals surface area contributed by atoms with Crippen molar-refractivity contribution in [3.63, 3.8) is 0 Å². The van der Waals surface area contributed by atoms with Crippen molar-refractivity contribution in [1.29, 1.82) is 0 Å². The van der Waals surface area contributed by atoms with Crippen LogP contribution >= 0.6 is 0 Å². The molecule has 0 aromatic rings. The van der Waals surface area contributed by atoms with E-state index in [1.807, 2.05) is 0 Å². The van der Waals surface area contributed by atoms with Gasteiger partial charge in [-0.25, -0.2) is 4.99 Å². The van der Waals surface area contributed by atoms with Crippen LogP contribution in [0.2, 0.25) is 0 Å². The third-order valence-electron chi connectivity index (χ3n) is 6.11. The molecule has 0 bridgehead atoms. The van der Waals surface area contributed by atoms with Crippen molar-refractivity contribution in [2.45, 2.75) is 128 Å². The molecule has 0 saturated carbocycles. The van der Waals surface area contributed by atoms with Gasteiger partial charge in [0.05, 0.1) is 13.2 Å². The van der Waals surface area contributed by atoms with Gasteiger partial charge in [-0.1, -0.05) is 96.1 Å². The summed E-state index contributed by atoms with van der Waals surface area (Å²) >= 11 is 0. The average Bonchev–Trinajstić information content (AvgIpc) is 3.19. The average molecular weight is 424 g/mol. The van der Waals surface area contributed by atoms with Crippen LogP contribution in [0.5, 0.6) is 0 Å². The zero-order chi connectivity index (χ0) is 21.8. The lowest BCUT2D eigenvalue weighted by atomic mass is 10.1.